The molecule has 2 heterocycles. The van der Waals surface area contributed by atoms with Crippen molar-refractivity contribution in [2.45, 2.75) is 51.6 Å². The standard InChI is InChI=1S/C28H37N3O2/c1-30(2)19-24-11-12-25-26(29-33-28(25)27(24)32-20-23-8-9-23)13-10-21-14-16-31(17-15-21)18-22-6-4-3-5-7-22/h3-7,11-12,21,23H,8-10,13-20H2,1-2H3. The quantitative estimate of drug-likeness (QED) is 0.409. The van der Waals surface area contributed by atoms with Gasteiger partial charge in [-0.2, -0.15) is 0 Å². The van der Waals surface area contributed by atoms with Crippen LogP contribution >= 0.6 is 0 Å². The summed E-state index contributed by atoms with van der Waals surface area (Å²) in [5.74, 6) is 2.38. The SMILES string of the molecule is CN(C)Cc1ccc2c(CCC3CCN(Cc4ccccc4)CC3)noc2c1OCC1CC1. The van der Waals surface area contributed by atoms with Gasteiger partial charge in [0.1, 0.15) is 0 Å². The average molecular weight is 448 g/mol. The van der Waals surface area contributed by atoms with Gasteiger partial charge in [-0.05, 0) is 89.2 Å². The number of aryl methyl sites for hydroxylation is 1. The summed E-state index contributed by atoms with van der Waals surface area (Å²) < 4.78 is 12.2. The zero-order chi connectivity index (χ0) is 22.6. The minimum absolute atomic E-state index is 0.711. The van der Waals surface area contributed by atoms with E-state index in [2.05, 4.69) is 71.5 Å². The molecule has 5 nitrogen and oxygen atoms in total. The molecule has 5 rings (SSSR count). The van der Waals surface area contributed by atoms with E-state index in [0.717, 1.165) is 54.4 Å². The molecule has 0 amide bonds. The Kier molecular flexibility index (Phi) is 6.98. The Labute approximate surface area is 197 Å². The fourth-order valence-electron chi connectivity index (χ4n) is 4.98. The minimum Gasteiger partial charge on any atom is -0.489 e. The lowest BCUT2D eigenvalue weighted by atomic mass is 9.91. The summed E-state index contributed by atoms with van der Waals surface area (Å²) in [6, 6.07) is 15.2. The van der Waals surface area contributed by atoms with Crippen molar-refractivity contribution in [3.63, 3.8) is 0 Å². The van der Waals surface area contributed by atoms with Crippen molar-refractivity contribution in [3.05, 3.63) is 59.3 Å². The molecule has 33 heavy (non-hydrogen) atoms. The Morgan fingerprint density at radius 3 is 2.52 bits per heavy atom. The van der Waals surface area contributed by atoms with Gasteiger partial charge in [-0.25, -0.2) is 0 Å². The molecule has 0 atom stereocenters. The van der Waals surface area contributed by atoms with Crippen molar-refractivity contribution >= 4 is 11.0 Å². The lowest BCUT2D eigenvalue weighted by Gasteiger charge is -2.31. The molecule has 1 aromatic heterocycles. The summed E-state index contributed by atoms with van der Waals surface area (Å²) >= 11 is 0. The summed E-state index contributed by atoms with van der Waals surface area (Å²) in [5.41, 5.74) is 4.52. The van der Waals surface area contributed by atoms with Crippen molar-refractivity contribution < 1.29 is 9.26 Å². The fraction of sp³-hybridized carbons (Fsp3) is 0.536. The van der Waals surface area contributed by atoms with E-state index in [1.807, 2.05) is 0 Å². The van der Waals surface area contributed by atoms with Crippen LogP contribution in [-0.2, 0) is 19.5 Å². The molecular formula is C28H37N3O2. The highest BCUT2D eigenvalue weighted by Gasteiger charge is 2.25. The van der Waals surface area contributed by atoms with Crippen molar-refractivity contribution in [1.29, 1.82) is 0 Å². The third-order valence-corrected chi connectivity index (χ3v) is 7.14. The Bertz CT molecular complexity index is 1030. The first-order valence-electron chi connectivity index (χ1n) is 12.6. The van der Waals surface area contributed by atoms with Crippen LogP contribution in [0.15, 0.2) is 47.0 Å². The van der Waals surface area contributed by atoms with Crippen molar-refractivity contribution in [2.24, 2.45) is 11.8 Å². The number of aromatic nitrogens is 1. The van der Waals surface area contributed by atoms with Crippen molar-refractivity contribution in [1.82, 2.24) is 15.0 Å². The van der Waals surface area contributed by atoms with Crippen LogP contribution in [0, 0.1) is 11.8 Å². The zero-order valence-electron chi connectivity index (χ0n) is 20.1. The summed E-state index contributed by atoms with van der Waals surface area (Å²) in [7, 11) is 4.18. The third-order valence-electron chi connectivity index (χ3n) is 7.14. The first kappa shape index (κ1) is 22.4. The highest BCUT2D eigenvalue weighted by Crippen LogP contribution is 2.36. The Balaban J connectivity index is 1.20. The van der Waals surface area contributed by atoms with Gasteiger partial charge in [0, 0.05) is 24.0 Å². The van der Waals surface area contributed by atoms with E-state index in [0.29, 0.717) is 5.92 Å². The second-order valence-corrected chi connectivity index (χ2v) is 10.3. The van der Waals surface area contributed by atoms with Gasteiger partial charge < -0.3 is 14.2 Å². The number of nitrogens with zero attached hydrogens (tertiary/aromatic N) is 3. The maximum Gasteiger partial charge on any atom is 0.209 e. The van der Waals surface area contributed by atoms with Crippen LogP contribution in [-0.4, -0.2) is 48.7 Å². The summed E-state index contributed by atoms with van der Waals surface area (Å²) in [6.07, 6.45) is 7.26. The molecule has 1 saturated carbocycles. The predicted octanol–water partition coefficient (Wildman–Crippen LogP) is 5.52. The maximum atomic E-state index is 6.28. The monoisotopic (exact) mass is 447 g/mol. The molecule has 2 aliphatic rings. The van der Waals surface area contributed by atoms with Crippen LogP contribution < -0.4 is 4.74 Å². The lowest BCUT2D eigenvalue weighted by Crippen LogP contribution is -2.33. The fourth-order valence-corrected chi connectivity index (χ4v) is 4.98. The highest BCUT2D eigenvalue weighted by atomic mass is 16.5. The van der Waals surface area contributed by atoms with Gasteiger partial charge >= 0.3 is 0 Å². The molecule has 0 bridgehead atoms. The van der Waals surface area contributed by atoms with Gasteiger partial charge in [-0.1, -0.05) is 41.6 Å². The molecule has 2 fully saturated rings. The Hall–Kier alpha value is -2.37. The van der Waals surface area contributed by atoms with Crippen LogP contribution in [0.3, 0.4) is 0 Å². The molecule has 0 unspecified atom stereocenters. The summed E-state index contributed by atoms with van der Waals surface area (Å²) in [5, 5.41) is 5.62. The number of ether oxygens (including phenoxy) is 1. The Morgan fingerprint density at radius 2 is 1.79 bits per heavy atom. The third kappa shape index (κ3) is 5.77. The van der Waals surface area contributed by atoms with Crippen LogP contribution in [0.4, 0.5) is 0 Å². The predicted molar refractivity (Wildman–Crippen MR) is 132 cm³/mol. The molecule has 1 saturated heterocycles. The van der Waals surface area contributed by atoms with Gasteiger partial charge in [0.25, 0.3) is 0 Å². The highest BCUT2D eigenvalue weighted by molar-refractivity contribution is 5.86. The normalized spacial score (nSPS) is 17.8. The zero-order valence-corrected chi connectivity index (χ0v) is 20.1. The number of fused-ring (bicyclic) bond motifs is 1. The number of likely N-dealkylation sites (tertiary alicyclic amines) is 1. The maximum absolute atomic E-state index is 6.28. The average Bonchev–Trinajstić information content (AvgIpc) is 3.56. The minimum atomic E-state index is 0.711. The van der Waals surface area contributed by atoms with Crippen LogP contribution in [0.1, 0.15) is 48.9 Å². The number of hydrogen-bond donors (Lipinski definition) is 0. The first-order valence-corrected chi connectivity index (χ1v) is 12.6. The summed E-state index contributed by atoms with van der Waals surface area (Å²) in [6.45, 7) is 5.07. The lowest BCUT2D eigenvalue weighted by molar-refractivity contribution is 0.172. The van der Waals surface area contributed by atoms with Gasteiger partial charge in [0.05, 0.1) is 12.3 Å². The van der Waals surface area contributed by atoms with Crippen LogP contribution in [0.5, 0.6) is 5.75 Å². The number of hydrogen-bond acceptors (Lipinski definition) is 5. The van der Waals surface area contributed by atoms with E-state index in [1.165, 1.54) is 56.3 Å². The molecule has 1 aliphatic heterocycles. The second kappa shape index (κ2) is 10.3. The topological polar surface area (TPSA) is 41.7 Å². The largest absolute Gasteiger partial charge is 0.489 e. The van der Waals surface area contributed by atoms with Gasteiger partial charge in [-0.15, -0.1) is 0 Å². The second-order valence-electron chi connectivity index (χ2n) is 10.3. The molecule has 0 radical (unpaired) electrons. The van der Waals surface area contributed by atoms with E-state index >= 15 is 0 Å². The van der Waals surface area contributed by atoms with Crippen LogP contribution in [0.25, 0.3) is 11.0 Å². The molecular weight excluding hydrogens is 410 g/mol. The Morgan fingerprint density at radius 1 is 1.00 bits per heavy atom. The molecule has 176 valence electrons. The van der Waals surface area contributed by atoms with Gasteiger partial charge in [0.2, 0.25) is 5.58 Å². The molecule has 3 aromatic rings. The van der Waals surface area contributed by atoms with E-state index in [9.17, 15) is 0 Å². The van der Waals surface area contributed by atoms with E-state index < -0.39 is 0 Å². The molecule has 2 aromatic carbocycles. The van der Waals surface area contributed by atoms with Crippen LogP contribution in [0.2, 0.25) is 0 Å². The number of piperidine rings is 1. The first-order chi connectivity index (χ1) is 16.2. The summed E-state index contributed by atoms with van der Waals surface area (Å²) in [4.78, 5) is 4.76. The van der Waals surface area contributed by atoms with Gasteiger partial charge in [0.15, 0.2) is 5.75 Å². The van der Waals surface area contributed by atoms with E-state index in [4.69, 9.17) is 9.26 Å². The molecule has 0 N–H and O–H groups in total. The smallest absolute Gasteiger partial charge is 0.209 e. The molecule has 1 aliphatic carbocycles. The van der Waals surface area contributed by atoms with E-state index in [1.54, 1.807) is 0 Å². The number of benzene rings is 2. The number of rotatable bonds is 10. The van der Waals surface area contributed by atoms with Gasteiger partial charge in [-0.3, -0.25) is 4.90 Å². The van der Waals surface area contributed by atoms with E-state index in [-0.39, 0.29) is 0 Å². The van der Waals surface area contributed by atoms with Crippen molar-refractivity contribution in [2.75, 3.05) is 33.8 Å². The molecule has 0 spiro atoms. The molecule has 5 heteroatoms. The van der Waals surface area contributed by atoms with Crippen molar-refractivity contribution in [3.8, 4) is 5.75 Å².